The lowest BCUT2D eigenvalue weighted by Gasteiger charge is -2.25. The number of esters is 1. The molecule has 0 aromatic carbocycles. The number of hydrogen-bond donors (Lipinski definition) is 1. The Balaban J connectivity index is 2.04. The maximum Gasteiger partial charge on any atom is 0.332 e. The van der Waals surface area contributed by atoms with Crippen LogP contribution in [0.3, 0.4) is 0 Å². The molecule has 0 radical (unpaired) electrons. The molecule has 17 heavy (non-hydrogen) atoms. The molecule has 98 valence electrons. The van der Waals surface area contributed by atoms with Gasteiger partial charge in [0, 0.05) is 26.7 Å². The Bertz CT molecular complexity index is 269. The zero-order valence-electron chi connectivity index (χ0n) is 10.6. The number of guanidine groups is 1. The third-order valence-corrected chi connectivity index (χ3v) is 2.33. The summed E-state index contributed by atoms with van der Waals surface area (Å²) in [4.78, 5) is 17.4. The summed E-state index contributed by atoms with van der Waals surface area (Å²) in [6, 6.07) is 0. The van der Waals surface area contributed by atoms with Gasteiger partial charge in [-0.05, 0) is 13.3 Å². The van der Waals surface area contributed by atoms with Crippen LogP contribution in [0.25, 0.3) is 0 Å². The normalized spacial score (nSPS) is 15.4. The minimum Gasteiger partial charge on any atom is -0.464 e. The van der Waals surface area contributed by atoms with Crippen molar-refractivity contribution in [3.05, 3.63) is 0 Å². The van der Waals surface area contributed by atoms with Crippen molar-refractivity contribution >= 4 is 11.9 Å². The van der Waals surface area contributed by atoms with E-state index < -0.39 is 0 Å². The third kappa shape index (κ3) is 5.53. The average Bonchev–Trinajstić information content (AvgIpc) is 2.31. The average molecular weight is 243 g/mol. The van der Waals surface area contributed by atoms with E-state index in [0.717, 1.165) is 25.5 Å². The Morgan fingerprint density at radius 2 is 2.41 bits per heavy atom. The highest BCUT2D eigenvalue weighted by Crippen LogP contribution is 1.97. The SMILES string of the molecule is CCOC(=O)COCCNC1=NCCCN1C. The van der Waals surface area contributed by atoms with Crippen molar-refractivity contribution in [2.24, 2.45) is 4.99 Å². The molecule has 0 atom stereocenters. The van der Waals surface area contributed by atoms with Gasteiger partial charge in [0.25, 0.3) is 0 Å². The molecule has 0 unspecified atom stereocenters. The fourth-order valence-electron chi connectivity index (χ4n) is 1.50. The van der Waals surface area contributed by atoms with E-state index in [0.29, 0.717) is 19.8 Å². The molecular weight excluding hydrogens is 222 g/mol. The van der Waals surface area contributed by atoms with Gasteiger partial charge >= 0.3 is 5.97 Å². The molecule has 1 rings (SSSR count). The Morgan fingerprint density at radius 1 is 1.59 bits per heavy atom. The van der Waals surface area contributed by atoms with E-state index in [9.17, 15) is 4.79 Å². The fourth-order valence-corrected chi connectivity index (χ4v) is 1.50. The predicted molar refractivity (Wildman–Crippen MR) is 65.0 cm³/mol. The summed E-state index contributed by atoms with van der Waals surface area (Å²) in [6.07, 6.45) is 1.10. The minimum atomic E-state index is -0.320. The molecule has 0 aromatic rings. The molecule has 0 saturated carbocycles. The molecule has 0 bridgehead atoms. The molecule has 1 N–H and O–H groups in total. The molecule has 1 aliphatic heterocycles. The number of rotatable bonds is 6. The maximum atomic E-state index is 11.0. The van der Waals surface area contributed by atoms with Gasteiger partial charge in [0.1, 0.15) is 6.61 Å². The summed E-state index contributed by atoms with van der Waals surface area (Å²) in [5, 5.41) is 3.18. The van der Waals surface area contributed by atoms with Gasteiger partial charge in [-0.2, -0.15) is 0 Å². The van der Waals surface area contributed by atoms with Crippen molar-refractivity contribution in [3.63, 3.8) is 0 Å². The number of nitrogens with zero attached hydrogens (tertiary/aromatic N) is 2. The first-order valence-corrected chi connectivity index (χ1v) is 5.97. The first kappa shape index (κ1) is 13.8. The van der Waals surface area contributed by atoms with E-state index in [1.807, 2.05) is 7.05 Å². The standard InChI is InChI=1S/C11H21N3O3/c1-3-17-10(15)9-16-8-6-13-11-12-5-4-7-14(11)2/h3-9H2,1-2H3,(H,12,13). The summed E-state index contributed by atoms with van der Waals surface area (Å²) in [5.41, 5.74) is 0. The van der Waals surface area contributed by atoms with Crippen LogP contribution in [0, 0.1) is 0 Å². The molecule has 6 heteroatoms. The van der Waals surface area contributed by atoms with Gasteiger partial charge in [0.05, 0.1) is 13.2 Å². The van der Waals surface area contributed by atoms with Gasteiger partial charge in [-0.15, -0.1) is 0 Å². The Kier molecular flexibility index (Phi) is 6.39. The molecule has 0 aliphatic carbocycles. The van der Waals surface area contributed by atoms with Crippen LogP contribution in [0.5, 0.6) is 0 Å². The maximum absolute atomic E-state index is 11.0. The van der Waals surface area contributed by atoms with Crippen molar-refractivity contribution in [2.75, 3.05) is 46.5 Å². The van der Waals surface area contributed by atoms with Gasteiger partial charge in [0.15, 0.2) is 5.96 Å². The van der Waals surface area contributed by atoms with Crippen LogP contribution in [-0.4, -0.2) is 63.3 Å². The largest absolute Gasteiger partial charge is 0.464 e. The van der Waals surface area contributed by atoms with Crippen LogP contribution < -0.4 is 5.32 Å². The van der Waals surface area contributed by atoms with Crippen molar-refractivity contribution in [2.45, 2.75) is 13.3 Å². The molecule has 1 heterocycles. The lowest BCUT2D eigenvalue weighted by Crippen LogP contribution is -2.43. The van der Waals surface area contributed by atoms with Crippen molar-refractivity contribution in [1.82, 2.24) is 10.2 Å². The van der Waals surface area contributed by atoms with E-state index >= 15 is 0 Å². The quantitative estimate of drug-likeness (QED) is 0.519. The van der Waals surface area contributed by atoms with E-state index in [2.05, 4.69) is 15.2 Å². The summed E-state index contributed by atoms with van der Waals surface area (Å²) in [6.45, 7) is 5.18. The van der Waals surface area contributed by atoms with Crippen LogP contribution in [0.4, 0.5) is 0 Å². The fraction of sp³-hybridized carbons (Fsp3) is 0.818. The minimum absolute atomic E-state index is 0.0117. The number of hydrogen-bond acceptors (Lipinski definition) is 6. The van der Waals surface area contributed by atoms with Crippen molar-refractivity contribution in [3.8, 4) is 0 Å². The summed E-state index contributed by atoms with van der Waals surface area (Å²) < 4.78 is 9.90. The highest BCUT2D eigenvalue weighted by atomic mass is 16.6. The molecule has 0 spiro atoms. The van der Waals surface area contributed by atoms with Crippen LogP contribution in [0.1, 0.15) is 13.3 Å². The topological polar surface area (TPSA) is 63.2 Å². The van der Waals surface area contributed by atoms with E-state index in [-0.39, 0.29) is 12.6 Å². The zero-order chi connectivity index (χ0) is 12.5. The highest BCUT2D eigenvalue weighted by molar-refractivity contribution is 5.80. The monoisotopic (exact) mass is 243 g/mol. The van der Waals surface area contributed by atoms with E-state index in [1.54, 1.807) is 6.92 Å². The van der Waals surface area contributed by atoms with Crippen LogP contribution in [-0.2, 0) is 14.3 Å². The summed E-state index contributed by atoms with van der Waals surface area (Å²) in [7, 11) is 2.00. The van der Waals surface area contributed by atoms with Crippen LogP contribution in [0.2, 0.25) is 0 Å². The number of carbonyl (C=O) groups excluding carboxylic acids is 1. The summed E-state index contributed by atoms with van der Waals surface area (Å²) in [5.74, 6) is 0.579. The van der Waals surface area contributed by atoms with Crippen LogP contribution >= 0.6 is 0 Å². The first-order valence-electron chi connectivity index (χ1n) is 5.97. The number of aliphatic imine (C=N–C) groups is 1. The van der Waals surface area contributed by atoms with Gasteiger partial charge in [-0.25, -0.2) is 4.79 Å². The molecule has 0 fully saturated rings. The lowest BCUT2D eigenvalue weighted by molar-refractivity contribution is -0.148. The highest BCUT2D eigenvalue weighted by Gasteiger charge is 2.09. The lowest BCUT2D eigenvalue weighted by atomic mass is 10.3. The number of nitrogens with one attached hydrogen (secondary N) is 1. The number of carbonyl (C=O) groups is 1. The molecule has 1 aliphatic rings. The summed E-state index contributed by atoms with van der Waals surface area (Å²) >= 11 is 0. The zero-order valence-corrected chi connectivity index (χ0v) is 10.6. The Labute approximate surface area is 102 Å². The molecule has 0 aromatic heterocycles. The Morgan fingerprint density at radius 3 is 3.12 bits per heavy atom. The van der Waals surface area contributed by atoms with Gasteiger partial charge in [-0.1, -0.05) is 0 Å². The second kappa shape index (κ2) is 7.89. The van der Waals surface area contributed by atoms with E-state index in [4.69, 9.17) is 9.47 Å². The van der Waals surface area contributed by atoms with Crippen molar-refractivity contribution in [1.29, 1.82) is 0 Å². The Hall–Kier alpha value is -1.30. The van der Waals surface area contributed by atoms with Gasteiger partial charge < -0.3 is 19.7 Å². The molecule has 6 nitrogen and oxygen atoms in total. The first-order chi connectivity index (χ1) is 8.24. The smallest absolute Gasteiger partial charge is 0.332 e. The second-order valence-electron chi connectivity index (χ2n) is 3.76. The molecular formula is C11H21N3O3. The molecule has 0 amide bonds. The van der Waals surface area contributed by atoms with Gasteiger partial charge in [0.2, 0.25) is 0 Å². The van der Waals surface area contributed by atoms with Crippen molar-refractivity contribution < 1.29 is 14.3 Å². The number of ether oxygens (including phenoxy) is 2. The second-order valence-corrected chi connectivity index (χ2v) is 3.76. The van der Waals surface area contributed by atoms with E-state index in [1.165, 1.54) is 0 Å². The molecule has 0 saturated heterocycles. The predicted octanol–water partition coefficient (Wildman–Crippen LogP) is -0.153. The third-order valence-electron chi connectivity index (χ3n) is 2.33. The van der Waals surface area contributed by atoms with Gasteiger partial charge in [-0.3, -0.25) is 4.99 Å². The van der Waals surface area contributed by atoms with Crippen LogP contribution in [0.15, 0.2) is 4.99 Å².